The Bertz CT molecular complexity index is 269. The molecule has 0 aliphatic rings. The summed E-state index contributed by atoms with van der Waals surface area (Å²) < 4.78 is 4.76. The van der Waals surface area contributed by atoms with Crippen LogP contribution in [0, 0.1) is 0 Å². The highest BCUT2D eigenvalue weighted by atomic mass is 32.1. The molecule has 2 nitrogen and oxygen atoms in total. The third-order valence-corrected chi connectivity index (χ3v) is 1.62. The van der Waals surface area contributed by atoms with Gasteiger partial charge in [0.2, 0.25) is 0 Å². The average molecular weight is 156 g/mol. The maximum absolute atomic E-state index is 10.5. The molecule has 0 saturated heterocycles. The Morgan fingerprint density at radius 3 is 3.10 bits per heavy atom. The van der Waals surface area contributed by atoms with Gasteiger partial charge in [-0.05, 0) is 12.5 Å². The van der Waals surface area contributed by atoms with Crippen molar-refractivity contribution in [3.63, 3.8) is 0 Å². The van der Waals surface area contributed by atoms with Crippen LogP contribution < -0.4 is 4.94 Å². The Morgan fingerprint density at radius 2 is 2.60 bits per heavy atom. The summed E-state index contributed by atoms with van der Waals surface area (Å²) in [6.45, 7) is 2.03. The SMILES string of the molecule is CCC=Cc1csc(=O)o1. The molecule has 0 radical (unpaired) electrons. The Labute approximate surface area is 62.8 Å². The molecular formula is C7H8O2S. The van der Waals surface area contributed by atoms with Crippen molar-refractivity contribution in [2.45, 2.75) is 13.3 Å². The second-order valence-electron chi connectivity index (χ2n) is 1.80. The van der Waals surface area contributed by atoms with Gasteiger partial charge in [0.25, 0.3) is 0 Å². The zero-order valence-electron chi connectivity index (χ0n) is 5.66. The van der Waals surface area contributed by atoms with Crippen LogP contribution >= 0.6 is 11.3 Å². The topological polar surface area (TPSA) is 30.2 Å². The molecule has 1 rings (SSSR count). The quantitative estimate of drug-likeness (QED) is 0.656. The Balaban J connectivity index is 2.76. The van der Waals surface area contributed by atoms with E-state index in [9.17, 15) is 4.79 Å². The van der Waals surface area contributed by atoms with E-state index < -0.39 is 0 Å². The van der Waals surface area contributed by atoms with Crippen molar-refractivity contribution < 1.29 is 4.42 Å². The first-order chi connectivity index (χ1) is 4.83. The van der Waals surface area contributed by atoms with Crippen molar-refractivity contribution in [3.8, 4) is 0 Å². The third kappa shape index (κ3) is 1.84. The van der Waals surface area contributed by atoms with E-state index >= 15 is 0 Å². The van der Waals surface area contributed by atoms with E-state index in [0.717, 1.165) is 17.8 Å². The van der Waals surface area contributed by atoms with Crippen molar-refractivity contribution in [2.75, 3.05) is 0 Å². The van der Waals surface area contributed by atoms with Crippen LogP contribution in [0.25, 0.3) is 6.08 Å². The van der Waals surface area contributed by atoms with Gasteiger partial charge in [-0.3, -0.25) is 0 Å². The standard InChI is InChI=1S/C7H8O2S/c1-2-3-4-6-5-10-7(8)9-6/h3-5H,2H2,1H3. The minimum absolute atomic E-state index is 0.240. The molecule has 0 bridgehead atoms. The van der Waals surface area contributed by atoms with Gasteiger partial charge in [0.15, 0.2) is 0 Å². The van der Waals surface area contributed by atoms with Crippen LogP contribution in [-0.4, -0.2) is 0 Å². The molecule has 0 N–H and O–H groups in total. The maximum atomic E-state index is 10.5. The van der Waals surface area contributed by atoms with Crippen molar-refractivity contribution in [3.05, 3.63) is 27.0 Å². The van der Waals surface area contributed by atoms with Gasteiger partial charge < -0.3 is 4.42 Å². The van der Waals surface area contributed by atoms with Crippen molar-refractivity contribution in [1.82, 2.24) is 0 Å². The van der Waals surface area contributed by atoms with E-state index in [0.29, 0.717) is 5.76 Å². The summed E-state index contributed by atoms with van der Waals surface area (Å²) in [4.78, 5) is 10.2. The summed E-state index contributed by atoms with van der Waals surface area (Å²) >= 11 is 1.08. The van der Waals surface area contributed by atoms with Gasteiger partial charge in [-0.25, -0.2) is 4.79 Å². The molecule has 0 spiro atoms. The zero-order valence-corrected chi connectivity index (χ0v) is 6.48. The third-order valence-electron chi connectivity index (χ3n) is 0.990. The minimum Gasteiger partial charge on any atom is -0.415 e. The summed E-state index contributed by atoms with van der Waals surface area (Å²) in [5.74, 6) is 0.650. The van der Waals surface area contributed by atoms with Gasteiger partial charge in [0.1, 0.15) is 5.76 Å². The van der Waals surface area contributed by atoms with Crippen molar-refractivity contribution >= 4 is 17.4 Å². The fourth-order valence-electron chi connectivity index (χ4n) is 0.558. The van der Waals surface area contributed by atoms with Gasteiger partial charge in [0.05, 0.1) is 0 Å². The molecule has 0 aliphatic carbocycles. The Morgan fingerprint density at radius 1 is 1.80 bits per heavy atom. The Kier molecular flexibility index (Phi) is 2.45. The molecule has 0 saturated carbocycles. The molecule has 0 atom stereocenters. The lowest BCUT2D eigenvalue weighted by Crippen LogP contribution is -1.80. The first-order valence-electron chi connectivity index (χ1n) is 3.08. The van der Waals surface area contributed by atoms with Gasteiger partial charge in [-0.15, -0.1) is 0 Å². The van der Waals surface area contributed by atoms with Gasteiger partial charge >= 0.3 is 4.94 Å². The van der Waals surface area contributed by atoms with E-state index in [1.807, 2.05) is 13.0 Å². The molecule has 0 aromatic carbocycles. The van der Waals surface area contributed by atoms with Crippen molar-refractivity contribution in [1.29, 1.82) is 0 Å². The van der Waals surface area contributed by atoms with Crippen LogP contribution in [0.15, 0.2) is 20.7 Å². The summed E-state index contributed by atoms with van der Waals surface area (Å²) in [7, 11) is 0. The predicted octanol–water partition coefficient (Wildman–Crippen LogP) is 2.12. The van der Waals surface area contributed by atoms with E-state index in [-0.39, 0.29) is 4.94 Å². The lowest BCUT2D eigenvalue weighted by molar-refractivity contribution is 0.527. The molecule has 0 aliphatic heterocycles. The van der Waals surface area contributed by atoms with Gasteiger partial charge in [0, 0.05) is 5.38 Å². The fraction of sp³-hybridized carbons (Fsp3) is 0.286. The first-order valence-corrected chi connectivity index (χ1v) is 3.96. The summed E-state index contributed by atoms with van der Waals surface area (Å²) in [5, 5.41) is 1.70. The monoisotopic (exact) mass is 156 g/mol. The summed E-state index contributed by atoms with van der Waals surface area (Å²) in [6, 6.07) is 0. The van der Waals surface area contributed by atoms with Crippen LogP contribution in [0.5, 0.6) is 0 Å². The molecule has 0 unspecified atom stereocenters. The van der Waals surface area contributed by atoms with E-state index in [2.05, 4.69) is 0 Å². The number of rotatable bonds is 2. The molecule has 0 amide bonds. The molecule has 0 fully saturated rings. The molecule has 10 heavy (non-hydrogen) atoms. The summed E-state index contributed by atoms with van der Waals surface area (Å²) in [5.41, 5.74) is 0. The zero-order chi connectivity index (χ0) is 7.40. The first kappa shape index (κ1) is 7.28. The highest BCUT2D eigenvalue weighted by Gasteiger charge is 1.91. The maximum Gasteiger partial charge on any atom is 0.395 e. The van der Waals surface area contributed by atoms with Crippen LogP contribution in [0.1, 0.15) is 19.1 Å². The molecule has 1 aromatic heterocycles. The van der Waals surface area contributed by atoms with E-state index in [1.165, 1.54) is 0 Å². The van der Waals surface area contributed by atoms with E-state index in [4.69, 9.17) is 4.42 Å². The number of hydrogen-bond donors (Lipinski definition) is 0. The summed E-state index contributed by atoms with van der Waals surface area (Å²) in [6.07, 6.45) is 4.71. The molecular weight excluding hydrogens is 148 g/mol. The van der Waals surface area contributed by atoms with Crippen LogP contribution in [0.2, 0.25) is 0 Å². The second-order valence-corrected chi connectivity index (χ2v) is 2.61. The van der Waals surface area contributed by atoms with Crippen LogP contribution in [0.4, 0.5) is 0 Å². The molecule has 3 heteroatoms. The molecule has 1 aromatic rings. The smallest absolute Gasteiger partial charge is 0.395 e. The van der Waals surface area contributed by atoms with Crippen LogP contribution in [0.3, 0.4) is 0 Å². The Hall–Kier alpha value is -0.830. The number of allylic oxidation sites excluding steroid dienone is 1. The van der Waals surface area contributed by atoms with Crippen molar-refractivity contribution in [2.24, 2.45) is 0 Å². The largest absolute Gasteiger partial charge is 0.415 e. The fourth-order valence-corrected chi connectivity index (χ4v) is 1.04. The lowest BCUT2D eigenvalue weighted by atomic mass is 10.4. The predicted molar refractivity (Wildman–Crippen MR) is 42.2 cm³/mol. The van der Waals surface area contributed by atoms with Gasteiger partial charge in [-0.2, -0.15) is 0 Å². The second kappa shape index (κ2) is 3.37. The lowest BCUT2D eigenvalue weighted by Gasteiger charge is -1.77. The minimum atomic E-state index is -0.240. The number of hydrogen-bond acceptors (Lipinski definition) is 3. The molecule has 1 heterocycles. The van der Waals surface area contributed by atoms with Crippen LogP contribution in [-0.2, 0) is 0 Å². The van der Waals surface area contributed by atoms with E-state index in [1.54, 1.807) is 11.5 Å². The average Bonchev–Trinajstić information content (AvgIpc) is 2.31. The normalized spacial score (nSPS) is 10.9. The molecule has 54 valence electrons. The highest BCUT2D eigenvalue weighted by molar-refractivity contribution is 7.07. The highest BCUT2D eigenvalue weighted by Crippen LogP contribution is 2.02. The van der Waals surface area contributed by atoms with Gasteiger partial charge in [-0.1, -0.05) is 24.3 Å².